The quantitative estimate of drug-likeness (QED) is 0.289. The molecule has 0 radical (unpaired) electrons. The van der Waals surface area contributed by atoms with Crippen LogP contribution in [0.15, 0.2) is 5.18 Å². The third kappa shape index (κ3) is 5.16. The summed E-state index contributed by atoms with van der Waals surface area (Å²) in [5.74, 6) is 5.36. The summed E-state index contributed by atoms with van der Waals surface area (Å²) in [4.78, 5) is 9.36. The Morgan fingerprint density at radius 1 is 1.71 bits per heavy atom. The summed E-state index contributed by atoms with van der Waals surface area (Å²) in [5, 5.41) is 2.62. The summed E-state index contributed by atoms with van der Waals surface area (Å²) in [7, 11) is 0. The van der Waals surface area contributed by atoms with Crippen LogP contribution in [0.2, 0.25) is 0 Å². The number of hydrogen-bond donors (Lipinski definition) is 0. The molecule has 0 aromatic carbocycles. The zero-order valence-corrected chi connectivity index (χ0v) is 4.27. The van der Waals surface area contributed by atoms with E-state index in [1.165, 1.54) is 0 Å². The van der Waals surface area contributed by atoms with Crippen LogP contribution in [-0.4, -0.2) is 6.54 Å². The first-order valence-electron chi connectivity index (χ1n) is 2.10. The molecule has 0 saturated carbocycles. The Kier molecular flexibility index (Phi) is 4.54. The van der Waals surface area contributed by atoms with Crippen molar-refractivity contribution in [3.63, 3.8) is 0 Å². The van der Waals surface area contributed by atoms with Crippen LogP contribution in [-0.2, 0) is 0 Å². The first kappa shape index (κ1) is 6.16. The summed E-state index contributed by atoms with van der Waals surface area (Å²) < 4.78 is 0. The second-order valence-electron chi connectivity index (χ2n) is 1.03. The molecule has 7 heavy (non-hydrogen) atoms. The van der Waals surface area contributed by atoms with Crippen molar-refractivity contribution in [3.8, 4) is 11.8 Å². The monoisotopic (exact) mass is 97.1 g/mol. The van der Waals surface area contributed by atoms with Crippen LogP contribution in [0, 0.1) is 16.7 Å². The van der Waals surface area contributed by atoms with Gasteiger partial charge in [0.2, 0.25) is 0 Å². The van der Waals surface area contributed by atoms with E-state index in [0.29, 0.717) is 13.0 Å². The van der Waals surface area contributed by atoms with Crippen molar-refractivity contribution in [2.45, 2.75) is 13.3 Å². The van der Waals surface area contributed by atoms with Gasteiger partial charge in [0.1, 0.15) is 0 Å². The molecule has 0 N–H and O–H groups in total. The Morgan fingerprint density at radius 3 is 2.86 bits per heavy atom. The molecule has 2 heteroatoms. The molecule has 0 rings (SSSR count). The fourth-order valence-corrected chi connectivity index (χ4v) is 0.227. The number of nitroso groups, excluding NO2 is 1. The Labute approximate surface area is 42.9 Å². The molecule has 0 aliphatic heterocycles. The van der Waals surface area contributed by atoms with E-state index in [2.05, 4.69) is 17.0 Å². The molecule has 0 fully saturated rings. The molecule has 0 bridgehead atoms. The van der Waals surface area contributed by atoms with Crippen LogP contribution >= 0.6 is 0 Å². The lowest BCUT2D eigenvalue weighted by atomic mass is 10.4. The van der Waals surface area contributed by atoms with E-state index >= 15 is 0 Å². The second-order valence-corrected chi connectivity index (χ2v) is 1.03. The van der Waals surface area contributed by atoms with Crippen molar-refractivity contribution in [3.05, 3.63) is 4.91 Å². The smallest absolute Gasteiger partial charge is 0.0920 e. The number of hydrogen-bond acceptors (Lipinski definition) is 2. The molecule has 0 aromatic heterocycles. The van der Waals surface area contributed by atoms with Gasteiger partial charge in [0.15, 0.2) is 0 Å². The van der Waals surface area contributed by atoms with Gasteiger partial charge in [-0.3, -0.25) is 0 Å². The molecule has 0 heterocycles. The Bertz CT molecular complexity index is 98.4. The van der Waals surface area contributed by atoms with Crippen LogP contribution < -0.4 is 0 Å². The van der Waals surface area contributed by atoms with Crippen LogP contribution in [0.1, 0.15) is 13.3 Å². The molecule has 0 amide bonds. The topological polar surface area (TPSA) is 29.4 Å². The van der Waals surface area contributed by atoms with Crippen LogP contribution in [0.25, 0.3) is 0 Å². The van der Waals surface area contributed by atoms with Crippen LogP contribution in [0.5, 0.6) is 0 Å². The zero-order valence-electron chi connectivity index (χ0n) is 4.27. The molecule has 0 saturated heterocycles. The molecule has 0 aliphatic carbocycles. The predicted molar refractivity (Wildman–Crippen MR) is 28.7 cm³/mol. The third-order valence-corrected chi connectivity index (χ3v) is 0.505. The summed E-state index contributed by atoms with van der Waals surface area (Å²) in [6, 6.07) is 0. The van der Waals surface area contributed by atoms with E-state index in [-0.39, 0.29) is 0 Å². The Hall–Kier alpha value is -0.840. The van der Waals surface area contributed by atoms with E-state index in [0.717, 1.165) is 0 Å². The highest BCUT2D eigenvalue weighted by molar-refractivity contribution is 4.94. The van der Waals surface area contributed by atoms with Gasteiger partial charge in [0, 0.05) is 6.42 Å². The van der Waals surface area contributed by atoms with Gasteiger partial charge in [-0.2, -0.15) is 4.91 Å². The van der Waals surface area contributed by atoms with E-state index in [9.17, 15) is 4.91 Å². The fourth-order valence-electron chi connectivity index (χ4n) is 0.227. The van der Waals surface area contributed by atoms with Gasteiger partial charge in [-0.05, 0) is 6.92 Å². The highest BCUT2D eigenvalue weighted by Gasteiger charge is 1.72. The van der Waals surface area contributed by atoms with E-state index in [1.54, 1.807) is 6.92 Å². The van der Waals surface area contributed by atoms with Gasteiger partial charge >= 0.3 is 0 Å². The average Bonchev–Trinajstić information content (AvgIpc) is 1.69. The lowest BCUT2D eigenvalue weighted by Gasteiger charge is -1.71. The minimum absolute atomic E-state index is 0.320. The number of nitrogens with zero attached hydrogens (tertiary/aromatic N) is 1. The van der Waals surface area contributed by atoms with Gasteiger partial charge in [-0.1, -0.05) is 5.18 Å². The van der Waals surface area contributed by atoms with Gasteiger partial charge < -0.3 is 0 Å². The molecule has 38 valence electrons. The van der Waals surface area contributed by atoms with Crippen molar-refractivity contribution in [2.75, 3.05) is 6.54 Å². The first-order chi connectivity index (χ1) is 3.41. The van der Waals surface area contributed by atoms with Crippen molar-refractivity contribution < 1.29 is 0 Å². The summed E-state index contributed by atoms with van der Waals surface area (Å²) in [5.41, 5.74) is 0. The Balaban J connectivity index is 2.92. The average molecular weight is 97.1 g/mol. The highest BCUT2D eigenvalue weighted by Crippen LogP contribution is 1.73. The second kappa shape index (κ2) is 5.16. The van der Waals surface area contributed by atoms with Crippen molar-refractivity contribution in [2.24, 2.45) is 5.18 Å². The third-order valence-electron chi connectivity index (χ3n) is 0.505. The molecular formula is C5H7NO. The molecule has 0 atom stereocenters. The summed E-state index contributed by atoms with van der Waals surface area (Å²) in [6.07, 6.45) is 0.597. The van der Waals surface area contributed by atoms with E-state index in [1.807, 2.05) is 0 Å². The molecule has 2 nitrogen and oxygen atoms in total. The molecule has 0 aromatic rings. The van der Waals surface area contributed by atoms with Gasteiger partial charge in [-0.15, -0.1) is 11.8 Å². The lowest BCUT2D eigenvalue weighted by Crippen LogP contribution is -1.70. The maximum atomic E-state index is 9.36. The molecule has 0 unspecified atom stereocenters. The maximum absolute atomic E-state index is 9.36. The highest BCUT2D eigenvalue weighted by atomic mass is 16.3. The minimum atomic E-state index is 0.320. The SMILES string of the molecule is CC#CCCN=O. The van der Waals surface area contributed by atoms with E-state index in [4.69, 9.17) is 0 Å². The normalized spacial score (nSPS) is 6.43. The largest absolute Gasteiger partial charge is 0.151 e. The van der Waals surface area contributed by atoms with E-state index < -0.39 is 0 Å². The standard InChI is InChI=1S/C5H7NO/c1-2-3-4-5-6-7/h4-5H2,1H3. The van der Waals surface area contributed by atoms with Gasteiger partial charge in [0.25, 0.3) is 0 Å². The Morgan fingerprint density at radius 2 is 2.43 bits per heavy atom. The molecule has 0 spiro atoms. The van der Waals surface area contributed by atoms with Crippen molar-refractivity contribution >= 4 is 0 Å². The zero-order chi connectivity index (χ0) is 5.54. The minimum Gasteiger partial charge on any atom is -0.151 e. The molecule has 0 aliphatic rings. The molecular weight excluding hydrogens is 90.1 g/mol. The summed E-state index contributed by atoms with van der Waals surface area (Å²) >= 11 is 0. The van der Waals surface area contributed by atoms with Gasteiger partial charge in [0.05, 0.1) is 6.54 Å². The predicted octanol–water partition coefficient (Wildman–Crippen LogP) is 1.17. The lowest BCUT2D eigenvalue weighted by molar-refractivity contribution is 1.02. The maximum Gasteiger partial charge on any atom is 0.0920 e. The number of rotatable bonds is 2. The van der Waals surface area contributed by atoms with Crippen LogP contribution in [0.3, 0.4) is 0 Å². The fraction of sp³-hybridized carbons (Fsp3) is 0.600. The van der Waals surface area contributed by atoms with Crippen molar-refractivity contribution in [1.82, 2.24) is 0 Å². The first-order valence-corrected chi connectivity index (χ1v) is 2.10. The summed E-state index contributed by atoms with van der Waals surface area (Å²) in [6.45, 7) is 2.06. The van der Waals surface area contributed by atoms with Crippen LogP contribution in [0.4, 0.5) is 0 Å². The van der Waals surface area contributed by atoms with Gasteiger partial charge in [-0.25, -0.2) is 0 Å². The van der Waals surface area contributed by atoms with Crippen molar-refractivity contribution in [1.29, 1.82) is 0 Å².